The molecule has 96 valence electrons. The number of benzene rings is 1. The van der Waals surface area contributed by atoms with Crippen LogP contribution in [0.1, 0.15) is 0 Å². The Hall–Kier alpha value is -0.120. The molecular weight excluding hydrogens is 289 g/mol. The summed E-state index contributed by atoms with van der Waals surface area (Å²) in [5.74, 6) is -1.62. The van der Waals surface area contributed by atoms with Crippen molar-refractivity contribution in [1.29, 1.82) is 0 Å². The summed E-state index contributed by atoms with van der Waals surface area (Å²) in [6.07, 6.45) is 0. The zero-order chi connectivity index (χ0) is 13.1. The quantitative estimate of drug-likeness (QED) is 0.461. The van der Waals surface area contributed by atoms with Crippen molar-refractivity contribution in [3.05, 3.63) is 24.3 Å². The molecule has 0 fully saturated rings. The first-order valence-electron chi connectivity index (χ1n) is 4.69. The fourth-order valence-corrected chi connectivity index (χ4v) is 3.70. The number of hydrogen-bond acceptors (Lipinski definition) is 6. The molecule has 1 N–H and O–H groups in total. The first-order chi connectivity index (χ1) is 7.74. The molecule has 0 atom stereocenters. The third-order valence-corrected chi connectivity index (χ3v) is 4.76. The van der Waals surface area contributed by atoms with Crippen molar-refractivity contribution in [2.24, 2.45) is 0 Å². The average molecular weight is 301 g/mol. The minimum Gasteiger partial charge on any atom is -0.748 e. The first kappa shape index (κ1) is 17.9. The molecule has 0 unspecified atom stereocenters. The van der Waals surface area contributed by atoms with E-state index < -0.39 is 31.5 Å². The normalized spacial score (nSPS) is 11.7. The Bertz CT molecular complexity index is 597. The van der Waals surface area contributed by atoms with Crippen LogP contribution >= 0.6 is 0 Å². The van der Waals surface area contributed by atoms with Gasteiger partial charge in [-0.25, -0.2) is 16.8 Å². The van der Waals surface area contributed by atoms with Crippen molar-refractivity contribution in [2.75, 3.05) is 23.9 Å². The Balaban J connectivity index is 0.00000289. The van der Waals surface area contributed by atoms with Crippen LogP contribution in [0.25, 0.3) is 0 Å². The van der Waals surface area contributed by atoms with Gasteiger partial charge in [0.2, 0.25) is 0 Å². The molecule has 0 aliphatic rings. The molecule has 18 heavy (non-hydrogen) atoms. The van der Waals surface area contributed by atoms with E-state index in [1.54, 1.807) is 13.1 Å². The maximum absolute atomic E-state index is 11.7. The Kier molecular flexibility index (Phi) is 6.83. The minimum atomic E-state index is -4.53. The van der Waals surface area contributed by atoms with Crippen LogP contribution in [0.2, 0.25) is 0 Å². The summed E-state index contributed by atoms with van der Waals surface area (Å²) >= 11 is 0. The Morgan fingerprint density at radius 1 is 1.17 bits per heavy atom. The van der Waals surface area contributed by atoms with E-state index in [-0.39, 0.29) is 34.5 Å². The van der Waals surface area contributed by atoms with Gasteiger partial charge in [0.05, 0.1) is 26.5 Å². The average Bonchev–Trinajstić information content (AvgIpc) is 2.26. The third kappa shape index (κ3) is 5.68. The molecule has 0 saturated heterocycles. The summed E-state index contributed by atoms with van der Waals surface area (Å²) in [6, 6.07) is 5.94. The maximum atomic E-state index is 11.7. The van der Waals surface area contributed by atoms with Gasteiger partial charge in [-0.15, -0.1) is 0 Å². The summed E-state index contributed by atoms with van der Waals surface area (Å²) in [7, 11) is -6.64. The molecule has 0 saturated carbocycles. The summed E-state index contributed by atoms with van der Waals surface area (Å²) < 4.78 is 54.6. The molecular formula is C9H12NNaO5S2. The topological polar surface area (TPSA) is 103 Å². The van der Waals surface area contributed by atoms with Gasteiger partial charge < -0.3 is 9.87 Å². The SMILES string of the molecule is CNc1cccc(S(=O)(=O)CCS(=O)(=O)[O-])c1.[Na+]. The van der Waals surface area contributed by atoms with E-state index in [0.717, 1.165) is 0 Å². The molecule has 0 aliphatic carbocycles. The van der Waals surface area contributed by atoms with Gasteiger partial charge in [0.15, 0.2) is 9.84 Å². The predicted octanol–water partition coefficient (Wildman–Crippen LogP) is -2.95. The second-order valence-electron chi connectivity index (χ2n) is 3.36. The van der Waals surface area contributed by atoms with Gasteiger partial charge in [0, 0.05) is 12.7 Å². The molecule has 0 aromatic heterocycles. The largest absolute Gasteiger partial charge is 1.00 e. The maximum Gasteiger partial charge on any atom is 1.00 e. The van der Waals surface area contributed by atoms with Crippen LogP contribution in [-0.2, 0) is 20.0 Å². The zero-order valence-corrected chi connectivity index (χ0v) is 13.7. The molecule has 9 heteroatoms. The number of hydrogen-bond donors (Lipinski definition) is 1. The summed E-state index contributed by atoms with van der Waals surface area (Å²) in [6.45, 7) is 0. The molecule has 0 radical (unpaired) electrons. The summed E-state index contributed by atoms with van der Waals surface area (Å²) in [5, 5.41) is 2.77. The van der Waals surface area contributed by atoms with E-state index in [4.69, 9.17) is 0 Å². The Labute approximate surface area is 129 Å². The fourth-order valence-electron chi connectivity index (χ4n) is 1.17. The molecule has 0 heterocycles. The summed E-state index contributed by atoms with van der Waals surface area (Å²) in [5.41, 5.74) is 0.594. The zero-order valence-electron chi connectivity index (χ0n) is 10.1. The van der Waals surface area contributed by atoms with E-state index in [1.807, 2.05) is 0 Å². The molecule has 6 nitrogen and oxygen atoms in total. The number of anilines is 1. The van der Waals surface area contributed by atoms with Crippen LogP contribution in [0, 0.1) is 0 Å². The standard InChI is InChI=1S/C9H13NO5S2.Na/c1-10-8-3-2-4-9(7-8)16(11,12)5-6-17(13,14)15;/h2-4,7,10H,5-6H2,1H3,(H,13,14,15);/q;+1/p-1. The van der Waals surface area contributed by atoms with E-state index in [9.17, 15) is 21.4 Å². The van der Waals surface area contributed by atoms with Crippen molar-refractivity contribution in [3.8, 4) is 0 Å². The monoisotopic (exact) mass is 301 g/mol. The van der Waals surface area contributed by atoms with Crippen molar-refractivity contribution in [1.82, 2.24) is 0 Å². The number of nitrogens with one attached hydrogen (secondary N) is 1. The van der Waals surface area contributed by atoms with E-state index in [2.05, 4.69) is 5.32 Å². The molecule has 0 bridgehead atoms. The summed E-state index contributed by atoms with van der Waals surface area (Å²) in [4.78, 5) is -0.00648. The van der Waals surface area contributed by atoms with Gasteiger partial charge >= 0.3 is 29.6 Å². The van der Waals surface area contributed by atoms with Gasteiger partial charge in [-0.05, 0) is 18.2 Å². The van der Waals surface area contributed by atoms with Crippen LogP contribution in [0.4, 0.5) is 5.69 Å². The second-order valence-corrected chi connectivity index (χ2v) is 6.99. The van der Waals surface area contributed by atoms with Gasteiger partial charge in [-0.3, -0.25) is 0 Å². The molecule has 0 amide bonds. The molecule has 1 aromatic carbocycles. The van der Waals surface area contributed by atoms with E-state index >= 15 is 0 Å². The molecule has 0 spiro atoms. The van der Waals surface area contributed by atoms with E-state index in [0.29, 0.717) is 5.69 Å². The van der Waals surface area contributed by atoms with Crippen LogP contribution < -0.4 is 34.9 Å². The third-order valence-electron chi connectivity index (χ3n) is 2.08. The van der Waals surface area contributed by atoms with Crippen molar-refractivity contribution in [2.45, 2.75) is 4.90 Å². The molecule has 1 aromatic rings. The van der Waals surface area contributed by atoms with Gasteiger partial charge in [-0.1, -0.05) is 6.07 Å². The van der Waals surface area contributed by atoms with Crippen LogP contribution in [0.15, 0.2) is 29.2 Å². The smallest absolute Gasteiger partial charge is 0.748 e. The van der Waals surface area contributed by atoms with E-state index in [1.165, 1.54) is 18.2 Å². The fraction of sp³-hybridized carbons (Fsp3) is 0.333. The minimum absolute atomic E-state index is 0. The van der Waals surface area contributed by atoms with Crippen molar-refractivity contribution >= 4 is 25.6 Å². The van der Waals surface area contributed by atoms with Crippen LogP contribution in [-0.4, -0.2) is 39.9 Å². The van der Waals surface area contributed by atoms with Gasteiger partial charge in [0.25, 0.3) is 0 Å². The number of rotatable bonds is 5. The van der Waals surface area contributed by atoms with Crippen molar-refractivity contribution < 1.29 is 50.9 Å². The molecule has 0 aliphatic heterocycles. The second kappa shape index (κ2) is 6.88. The van der Waals surface area contributed by atoms with Gasteiger partial charge in [0.1, 0.15) is 0 Å². The number of sulfone groups is 1. The van der Waals surface area contributed by atoms with Crippen LogP contribution in [0.5, 0.6) is 0 Å². The Morgan fingerprint density at radius 2 is 1.78 bits per heavy atom. The van der Waals surface area contributed by atoms with Crippen molar-refractivity contribution in [3.63, 3.8) is 0 Å². The first-order valence-corrected chi connectivity index (χ1v) is 7.92. The Morgan fingerprint density at radius 3 is 2.28 bits per heavy atom. The predicted molar refractivity (Wildman–Crippen MR) is 62.6 cm³/mol. The van der Waals surface area contributed by atoms with Crippen LogP contribution in [0.3, 0.4) is 0 Å². The molecule has 1 rings (SSSR count). The van der Waals surface area contributed by atoms with Gasteiger partial charge in [-0.2, -0.15) is 0 Å².